The van der Waals surface area contributed by atoms with E-state index < -0.39 is 0 Å². The highest BCUT2D eigenvalue weighted by molar-refractivity contribution is 6.33. The molecule has 0 spiro atoms. The molecular formula is C28H39Cl2N9O2. The lowest BCUT2D eigenvalue weighted by Crippen LogP contribution is -2.58. The number of amides is 1. The summed E-state index contributed by atoms with van der Waals surface area (Å²) in [5, 5.41) is 11.6. The molecule has 2 aromatic heterocycles. The molecule has 3 N–H and O–H groups in total. The highest BCUT2D eigenvalue weighted by atomic mass is 35.5. The number of alkyl halides is 1. The van der Waals surface area contributed by atoms with E-state index in [2.05, 4.69) is 48.8 Å². The van der Waals surface area contributed by atoms with Gasteiger partial charge in [-0.3, -0.25) is 9.69 Å². The van der Waals surface area contributed by atoms with Gasteiger partial charge in [0.15, 0.2) is 0 Å². The van der Waals surface area contributed by atoms with Crippen LogP contribution in [0.5, 0.6) is 0 Å². The summed E-state index contributed by atoms with van der Waals surface area (Å²) in [7, 11) is 0. The zero-order chi connectivity index (χ0) is 29.5. The fourth-order valence-electron chi connectivity index (χ4n) is 5.36. The van der Waals surface area contributed by atoms with E-state index in [-0.39, 0.29) is 17.6 Å². The summed E-state index contributed by atoms with van der Waals surface area (Å²) in [6, 6.07) is 2.96. The Hall–Kier alpha value is -3.15. The number of pyridine rings is 1. The molecule has 2 aliphatic rings. The van der Waals surface area contributed by atoms with E-state index in [0.717, 1.165) is 44.7 Å². The van der Waals surface area contributed by atoms with Crippen molar-refractivity contribution in [1.29, 1.82) is 0 Å². The number of piperazine rings is 1. The Morgan fingerprint density at radius 3 is 2.66 bits per heavy atom. The van der Waals surface area contributed by atoms with Crippen LogP contribution in [0.2, 0.25) is 5.02 Å². The van der Waals surface area contributed by atoms with Gasteiger partial charge >= 0.3 is 6.01 Å². The smallest absolute Gasteiger partial charge is 0.315 e. The maximum absolute atomic E-state index is 13.1. The molecule has 1 amide bonds. The summed E-state index contributed by atoms with van der Waals surface area (Å²) in [5.41, 5.74) is 7.73. The quantitative estimate of drug-likeness (QED) is 0.233. The molecule has 41 heavy (non-hydrogen) atoms. The second kappa shape index (κ2) is 14.2. The van der Waals surface area contributed by atoms with Crippen LogP contribution in [0.4, 0.5) is 11.8 Å². The minimum Gasteiger partial charge on any atom is -0.403 e. The number of nitrogens with one attached hydrogen (secondary N) is 1. The molecule has 1 unspecified atom stereocenters. The van der Waals surface area contributed by atoms with Crippen LogP contribution in [0, 0.1) is 0 Å². The van der Waals surface area contributed by atoms with Crippen molar-refractivity contribution < 1.29 is 9.21 Å². The number of aromatic nitrogens is 3. The molecule has 0 saturated carbocycles. The first-order valence-electron chi connectivity index (χ1n) is 14.0. The predicted molar refractivity (Wildman–Crippen MR) is 165 cm³/mol. The molecule has 2 aliphatic heterocycles. The van der Waals surface area contributed by atoms with Gasteiger partial charge in [-0.2, -0.15) is 0 Å². The first kappa shape index (κ1) is 30.8. The summed E-state index contributed by atoms with van der Waals surface area (Å²) in [5.74, 6) is 1.43. The standard InChI is InChI=1S/C28H39Cl2N9O2/c1-5-20(15-29)34-24(31)18(4)27(40)37-10-8-22(9-11-37)39-13-12-38(17-21(39)6-2)25-23(30)14-19(16-33-25)26-35-36-28(41-26)32-7-3/h5,14,16,21-22H,1,6-13,15,17,31H2,2-4H3,(H,32,36)/b24-18+,34-20+. The van der Waals surface area contributed by atoms with Gasteiger partial charge < -0.3 is 25.3 Å². The molecule has 0 aromatic carbocycles. The van der Waals surface area contributed by atoms with Gasteiger partial charge in [-0.05, 0) is 45.3 Å². The van der Waals surface area contributed by atoms with Crippen LogP contribution >= 0.6 is 23.2 Å². The first-order chi connectivity index (χ1) is 19.8. The number of piperidine rings is 1. The number of nitrogens with two attached hydrogens (primary N) is 1. The van der Waals surface area contributed by atoms with Crippen molar-refractivity contribution in [3.8, 4) is 11.5 Å². The van der Waals surface area contributed by atoms with Crippen molar-refractivity contribution in [2.24, 2.45) is 10.7 Å². The molecule has 0 radical (unpaired) electrons. The number of carbonyl (C=O) groups is 1. The van der Waals surface area contributed by atoms with Crippen LogP contribution in [0.3, 0.4) is 0 Å². The minimum atomic E-state index is -0.0814. The van der Waals surface area contributed by atoms with Gasteiger partial charge in [-0.15, -0.1) is 16.7 Å². The Morgan fingerprint density at radius 2 is 2.02 bits per heavy atom. The molecule has 2 aromatic rings. The molecule has 2 saturated heterocycles. The average Bonchev–Trinajstić information content (AvgIpc) is 3.47. The fourth-order valence-corrected chi connectivity index (χ4v) is 5.82. The van der Waals surface area contributed by atoms with Crippen LogP contribution in [-0.2, 0) is 4.79 Å². The molecular weight excluding hydrogens is 565 g/mol. The van der Waals surface area contributed by atoms with Gasteiger partial charge in [0.05, 0.1) is 27.8 Å². The number of hydrogen-bond donors (Lipinski definition) is 2. The third-order valence-electron chi connectivity index (χ3n) is 7.68. The number of allylic oxidation sites excluding steroid dienone is 1. The largest absolute Gasteiger partial charge is 0.403 e. The fraction of sp³-hybridized carbons (Fsp3) is 0.536. The molecule has 0 bridgehead atoms. The zero-order valence-corrected chi connectivity index (χ0v) is 25.5. The van der Waals surface area contributed by atoms with Gasteiger partial charge in [0.2, 0.25) is 0 Å². The third-order valence-corrected chi connectivity index (χ3v) is 8.24. The Labute approximate surface area is 251 Å². The lowest BCUT2D eigenvalue weighted by atomic mass is 9.97. The summed E-state index contributed by atoms with van der Waals surface area (Å²) < 4.78 is 5.64. The van der Waals surface area contributed by atoms with E-state index in [1.807, 2.05) is 17.9 Å². The highest BCUT2D eigenvalue weighted by Gasteiger charge is 2.35. The number of carbonyl (C=O) groups excluding carboxylic acids is 1. The van der Waals surface area contributed by atoms with Crippen molar-refractivity contribution in [3.05, 3.63) is 41.3 Å². The number of hydrogen-bond acceptors (Lipinski definition) is 10. The minimum absolute atomic E-state index is 0.0814. The van der Waals surface area contributed by atoms with Gasteiger partial charge in [0.1, 0.15) is 11.6 Å². The van der Waals surface area contributed by atoms with Gasteiger partial charge in [0, 0.05) is 57.5 Å². The second-order valence-electron chi connectivity index (χ2n) is 10.2. The van der Waals surface area contributed by atoms with E-state index in [4.69, 9.17) is 33.4 Å². The van der Waals surface area contributed by atoms with Gasteiger partial charge in [0.25, 0.3) is 11.8 Å². The summed E-state index contributed by atoms with van der Waals surface area (Å²) >= 11 is 12.5. The monoisotopic (exact) mass is 603 g/mol. The molecule has 2 fully saturated rings. The number of anilines is 2. The number of rotatable bonds is 10. The van der Waals surface area contributed by atoms with E-state index >= 15 is 0 Å². The molecule has 0 aliphatic carbocycles. The van der Waals surface area contributed by atoms with Crippen LogP contribution in [-0.4, -0.2) is 93.8 Å². The first-order valence-corrected chi connectivity index (χ1v) is 15.0. The summed E-state index contributed by atoms with van der Waals surface area (Å²) in [4.78, 5) is 28.7. The van der Waals surface area contributed by atoms with E-state index in [9.17, 15) is 4.79 Å². The number of aliphatic imine (C=N–C) groups is 1. The Kier molecular flexibility index (Phi) is 10.6. The Balaban J connectivity index is 1.36. The number of nitrogens with zero attached hydrogens (tertiary/aromatic N) is 7. The van der Waals surface area contributed by atoms with Crippen LogP contribution in [0.1, 0.15) is 40.0 Å². The third kappa shape index (κ3) is 7.20. The van der Waals surface area contributed by atoms with Crippen molar-refractivity contribution in [2.45, 2.75) is 52.1 Å². The second-order valence-corrected chi connectivity index (χ2v) is 10.9. The van der Waals surface area contributed by atoms with Crippen LogP contribution < -0.4 is 16.0 Å². The van der Waals surface area contributed by atoms with E-state index in [1.54, 1.807) is 19.2 Å². The lowest BCUT2D eigenvalue weighted by molar-refractivity contribution is -0.128. The molecule has 1 atom stereocenters. The Morgan fingerprint density at radius 1 is 1.27 bits per heavy atom. The van der Waals surface area contributed by atoms with Crippen LogP contribution in [0.25, 0.3) is 11.5 Å². The molecule has 4 rings (SSSR count). The number of halogens is 2. The Bertz CT molecular complexity index is 1290. The summed E-state index contributed by atoms with van der Waals surface area (Å²) in [6.07, 6.45) is 6.09. The van der Waals surface area contributed by atoms with Crippen molar-refractivity contribution in [1.82, 2.24) is 25.0 Å². The van der Waals surface area contributed by atoms with Crippen molar-refractivity contribution >= 4 is 46.7 Å². The van der Waals surface area contributed by atoms with Crippen molar-refractivity contribution in [2.75, 3.05) is 55.4 Å². The molecule has 11 nitrogen and oxygen atoms in total. The predicted octanol–water partition coefficient (Wildman–Crippen LogP) is 4.16. The average molecular weight is 605 g/mol. The van der Waals surface area contributed by atoms with E-state index in [0.29, 0.717) is 65.5 Å². The molecule has 4 heterocycles. The highest BCUT2D eigenvalue weighted by Crippen LogP contribution is 2.32. The summed E-state index contributed by atoms with van der Waals surface area (Å²) in [6.45, 7) is 14.2. The SMILES string of the molecule is C=C/C(CCl)=N\C(N)=C(/C)C(=O)N1CCC(N2CCN(c3ncc(-c4nnc(NCC)o4)cc3Cl)CC2CC)CC1. The zero-order valence-electron chi connectivity index (χ0n) is 23.9. The molecule has 13 heteroatoms. The van der Waals surface area contributed by atoms with Gasteiger partial charge in [-0.1, -0.05) is 30.2 Å². The van der Waals surface area contributed by atoms with Crippen molar-refractivity contribution in [3.63, 3.8) is 0 Å². The topological polar surface area (TPSA) is 129 Å². The maximum Gasteiger partial charge on any atom is 0.315 e. The van der Waals surface area contributed by atoms with Gasteiger partial charge in [-0.25, -0.2) is 9.98 Å². The van der Waals surface area contributed by atoms with E-state index in [1.165, 1.54) is 0 Å². The molecule has 222 valence electrons. The lowest BCUT2D eigenvalue weighted by Gasteiger charge is -2.47. The maximum atomic E-state index is 13.1. The van der Waals surface area contributed by atoms with Crippen LogP contribution in [0.15, 0.2) is 45.7 Å². The number of likely N-dealkylation sites (tertiary alicyclic amines) is 1. The normalized spacial score (nSPS) is 19.7.